The number of hydrogen-bond donors (Lipinski definition) is 1. The van der Waals surface area contributed by atoms with Crippen LogP contribution in [0.1, 0.15) is 34.6 Å². The van der Waals surface area contributed by atoms with Gasteiger partial charge in [-0.1, -0.05) is 29.8 Å². The first-order valence-corrected chi connectivity index (χ1v) is 10.1. The first-order chi connectivity index (χ1) is 12.9. The summed E-state index contributed by atoms with van der Waals surface area (Å²) in [6, 6.07) is 8.40. The molecule has 5 nitrogen and oxygen atoms in total. The predicted octanol–water partition coefficient (Wildman–Crippen LogP) is 3.76. The number of nitrogens with one attached hydrogen (secondary N) is 1. The lowest BCUT2D eigenvalue weighted by Crippen LogP contribution is -2.26. The Morgan fingerprint density at radius 1 is 1.15 bits per heavy atom. The summed E-state index contributed by atoms with van der Waals surface area (Å²) >= 11 is 1.65. The smallest absolute Gasteiger partial charge is 0.220 e. The lowest BCUT2D eigenvalue weighted by atomic mass is 10.1. The van der Waals surface area contributed by atoms with Crippen LogP contribution in [-0.4, -0.2) is 27.2 Å². The van der Waals surface area contributed by atoms with E-state index in [9.17, 15) is 4.79 Å². The third-order valence-electron chi connectivity index (χ3n) is 4.81. The van der Waals surface area contributed by atoms with Gasteiger partial charge in [-0.05, 0) is 32.8 Å². The minimum Gasteiger partial charge on any atom is -0.356 e. The molecule has 1 aromatic carbocycles. The van der Waals surface area contributed by atoms with Crippen molar-refractivity contribution in [1.82, 2.24) is 20.1 Å². The molecule has 3 aromatic rings. The molecule has 6 heteroatoms. The van der Waals surface area contributed by atoms with Crippen molar-refractivity contribution < 1.29 is 4.79 Å². The molecule has 0 aliphatic carbocycles. The maximum atomic E-state index is 12.1. The monoisotopic (exact) mass is 382 g/mol. The third-order valence-corrected chi connectivity index (χ3v) is 5.75. The number of amides is 1. The molecule has 27 heavy (non-hydrogen) atoms. The Morgan fingerprint density at radius 3 is 2.56 bits per heavy atom. The van der Waals surface area contributed by atoms with Gasteiger partial charge in [0.25, 0.3) is 0 Å². The van der Waals surface area contributed by atoms with Crippen molar-refractivity contribution in [3.63, 3.8) is 0 Å². The zero-order chi connectivity index (χ0) is 19.4. The summed E-state index contributed by atoms with van der Waals surface area (Å²) in [5, 5.41) is 10.5. The van der Waals surface area contributed by atoms with Crippen LogP contribution in [0.2, 0.25) is 0 Å². The molecular weight excluding hydrogens is 356 g/mol. The van der Waals surface area contributed by atoms with E-state index < -0.39 is 0 Å². The van der Waals surface area contributed by atoms with Crippen LogP contribution in [0, 0.1) is 20.8 Å². The molecule has 142 valence electrons. The molecule has 2 aromatic heterocycles. The molecule has 3 rings (SSSR count). The first-order valence-electron chi connectivity index (χ1n) is 9.21. The fourth-order valence-corrected chi connectivity index (χ4v) is 3.95. The maximum Gasteiger partial charge on any atom is 0.220 e. The van der Waals surface area contributed by atoms with Gasteiger partial charge in [0, 0.05) is 43.1 Å². The summed E-state index contributed by atoms with van der Waals surface area (Å²) in [5.74, 6) is 0.0756. The Morgan fingerprint density at radius 2 is 1.89 bits per heavy atom. The van der Waals surface area contributed by atoms with Crippen molar-refractivity contribution in [1.29, 1.82) is 0 Å². The normalized spacial score (nSPS) is 11.0. The van der Waals surface area contributed by atoms with Crippen molar-refractivity contribution in [2.45, 2.75) is 40.0 Å². The number of benzene rings is 1. The summed E-state index contributed by atoms with van der Waals surface area (Å²) in [7, 11) is 1.94. The van der Waals surface area contributed by atoms with Crippen molar-refractivity contribution in [2.75, 3.05) is 6.54 Å². The van der Waals surface area contributed by atoms with E-state index in [1.54, 1.807) is 11.3 Å². The minimum absolute atomic E-state index is 0.0756. The Kier molecular flexibility index (Phi) is 6.06. The Labute approximate surface area is 164 Å². The number of carbonyl (C=O) groups is 1. The van der Waals surface area contributed by atoms with Gasteiger partial charge in [0.05, 0.1) is 11.4 Å². The van der Waals surface area contributed by atoms with E-state index in [0.717, 1.165) is 40.5 Å². The SMILES string of the molecule is Cc1ccc(-c2nc(CCNC(=O)CCc3c(C)nn(C)c3C)cs2)cc1. The number of carbonyl (C=O) groups excluding carboxylic acids is 1. The van der Waals surface area contributed by atoms with Crippen LogP contribution < -0.4 is 5.32 Å². The largest absolute Gasteiger partial charge is 0.356 e. The van der Waals surface area contributed by atoms with Crippen molar-refractivity contribution >= 4 is 17.2 Å². The van der Waals surface area contributed by atoms with Gasteiger partial charge in [0.1, 0.15) is 5.01 Å². The maximum absolute atomic E-state index is 12.1. The van der Waals surface area contributed by atoms with Gasteiger partial charge in [0.2, 0.25) is 5.91 Å². The van der Waals surface area contributed by atoms with Gasteiger partial charge in [0.15, 0.2) is 0 Å². The van der Waals surface area contributed by atoms with E-state index in [1.807, 2.05) is 25.6 Å². The lowest BCUT2D eigenvalue weighted by Gasteiger charge is -2.05. The second-order valence-corrected chi connectivity index (χ2v) is 7.74. The van der Waals surface area contributed by atoms with Crippen LogP contribution in [0.3, 0.4) is 0 Å². The molecule has 0 radical (unpaired) electrons. The van der Waals surface area contributed by atoms with Gasteiger partial charge in [-0.3, -0.25) is 9.48 Å². The number of nitrogens with zero attached hydrogens (tertiary/aromatic N) is 3. The molecule has 0 fully saturated rings. The van der Waals surface area contributed by atoms with Crippen molar-refractivity contribution in [3.05, 3.63) is 57.9 Å². The third kappa shape index (κ3) is 4.83. The average Bonchev–Trinajstić information content (AvgIpc) is 3.19. The van der Waals surface area contributed by atoms with Crippen molar-refractivity contribution in [2.24, 2.45) is 7.05 Å². The van der Waals surface area contributed by atoms with E-state index in [2.05, 4.69) is 52.0 Å². The Balaban J connectivity index is 1.45. The van der Waals surface area contributed by atoms with Gasteiger partial charge >= 0.3 is 0 Å². The zero-order valence-corrected chi connectivity index (χ0v) is 17.2. The summed E-state index contributed by atoms with van der Waals surface area (Å²) in [4.78, 5) is 16.8. The molecule has 0 aliphatic rings. The molecule has 0 aliphatic heterocycles. The quantitative estimate of drug-likeness (QED) is 0.677. The fraction of sp³-hybridized carbons (Fsp3) is 0.381. The van der Waals surface area contributed by atoms with Crippen LogP contribution >= 0.6 is 11.3 Å². The minimum atomic E-state index is 0.0756. The number of thiazole rings is 1. The molecule has 2 heterocycles. The number of hydrogen-bond acceptors (Lipinski definition) is 4. The van der Waals surface area contributed by atoms with E-state index in [1.165, 1.54) is 11.1 Å². The first kappa shape index (κ1) is 19.3. The van der Waals surface area contributed by atoms with E-state index in [0.29, 0.717) is 13.0 Å². The van der Waals surface area contributed by atoms with Crippen LogP contribution in [0.5, 0.6) is 0 Å². The lowest BCUT2D eigenvalue weighted by molar-refractivity contribution is -0.121. The summed E-state index contributed by atoms with van der Waals surface area (Å²) in [5.41, 5.74) is 6.73. The van der Waals surface area contributed by atoms with E-state index >= 15 is 0 Å². The molecule has 1 N–H and O–H groups in total. The molecule has 0 bridgehead atoms. The van der Waals surface area contributed by atoms with Crippen LogP contribution in [0.15, 0.2) is 29.6 Å². The number of rotatable bonds is 7. The van der Waals surface area contributed by atoms with Gasteiger partial charge in [-0.25, -0.2) is 4.98 Å². The van der Waals surface area contributed by atoms with Gasteiger partial charge < -0.3 is 5.32 Å². The Bertz CT molecular complexity index is 924. The van der Waals surface area contributed by atoms with Crippen LogP contribution in [0.25, 0.3) is 10.6 Å². The average molecular weight is 383 g/mol. The second kappa shape index (κ2) is 8.48. The number of aromatic nitrogens is 3. The van der Waals surface area contributed by atoms with Crippen LogP contribution in [-0.2, 0) is 24.7 Å². The highest BCUT2D eigenvalue weighted by Crippen LogP contribution is 2.24. The topological polar surface area (TPSA) is 59.8 Å². The highest BCUT2D eigenvalue weighted by atomic mass is 32.1. The van der Waals surface area contributed by atoms with Crippen LogP contribution in [0.4, 0.5) is 0 Å². The highest BCUT2D eigenvalue weighted by molar-refractivity contribution is 7.13. The molecule has 0 unspecified atom stereocenters. The summed E-state index contributed by atoms with van der Waals surface area (Å²) < 4.78 is 1.87. The zero-order valence-electron chi connectivity index (χ0n) is 16.4. The number of aryl methyl sites for hydroxylation is 3. The summed E-state index contributed by atoms with van der Waals surface area (Å²) in [6.45, 7) is 6.73. The predicted molar refractivity (Wildman–Crippen MR) is 110 cm³/mol. The van der Waals surface area contributed by atoms with Crippen molar-refractivity contribution in [3.8, 4) is 10.6 Å². The molecular formula is C21H26N4OS. The standard InChI is InChI=1S/C21H26N4OS/c1-14-5-7-17(8-6-14)21-23-18(13-27-21)11-12-22-20(26)10-9-19-15(2)24-25(4)16(19)3/h5-8,13H,9-12H2,1-4H3,(H,22,26). The molecule has 1 amide bonds. The van der Waals surface area contributed by atoms with E-state index in [-0.39, 0.29) is 5.91 Å². The molecule has 0 saturated carbocycles. The summed E-state index contributed by atoms with van der Waals surface area (Å²) in [6.07, 6.45) is 1.96. The van der Waals surface area contributed by atoms with E-state index in [4.69, 9.17) is 0 Å². The Hall–Kier alpha value is -2.47. The molecule has 0 spiro atoms. The highest BCUT2D eigenvalue weighted by Gasteiger charge is 2.11. The second-order valence-electron chi connectivity index (χ2n) is 6.88. The molecule has 0 atom stereocenters. The molecule has 0 saturated heterocycles. The van der Waals surface area contributed by atoms with Gasteiger partial charge in [-0.15, -0.1) is 11.3 Å². The van der Waals surface area contributed by atoms with Gasteiger partial charge in [-0.2, -0.15) is 5.10 Å². The fourth-order valence-electron chi connectivity index (χ4n) is 3.09.